The van der Waals surface area contributed by atoms with Crippen LogP contribution in [-0.2, 0) is 5.41 Å². The van der Waals surface area contributed by atoms with Crippen LogP contribution in [-0.4, -0.2) is 26.8 Å². The average molecular weight is 387 g/mol. The average Bonchev–Trinajstić information content (AvgIpc) is 2.60. The van der Waals surface area contributed by atoms with E-state index in [0.717, 1.165) is 16.7 Å². The van der Waals surface area contributed by atoms with E-state index in [1.807, 2.05) is 13.8 Å². The highest BCUT2D eigenvalue weighted by molar-refractivity contribution is 7.49. The zero-order valence-electron chi connectivity index (χ0n) is 17.4. The van der Waals surface area contributed by atoms with E-state index in [4.69, 9.17) is 14.2 Å². The second-order valence-electron chi connectivity index (χ2n) is 7.53. The summed E-state index contributed by atoms with van der Waals surface area (Å²) in [6, 6.07) is 7.75. The largest absolute Gasteiger partial charge is 0.823 e. The van der Waals surface area contributed by atoms with E-state index in [9.17, 15) is 5.11 Å². The van der Waals surface area contributed by atoms with Crippen molar-refractivity contribution >= 4 is 19.0 Å². The molecule has 0 bridgehead atoms. The fourth-order valence-electron chi connectivity index (χ4n) is 2.99. The summed E-state index contributed by atoms with van der Waals surface area (Å²) in [5, 5.41) is 13.9. The third-order valence-corrected chi connectivity index (χ3v) is 5.61. The molecule has 4 nitrogen and oxygen atoms in total. The molecule has 0 aliphatic carbocycles. The molecule has 2 aromatic carbocycles. The van der Waals surface area contributed by atoms with Crippen LogP contribution >= 0.6 is 8.20 Å². The SMILES string of the molecule is COc1cc(OC)c(P=C([O-])c2c(C)cc(C(C)(C)C)cc2C)c(OC)c1. The molecule has 0 heterocycles. The Morgan fingerprint density at radius 3 is 1.70 bits per heavy atom. The van der Waals surface area contributed by atoms with Gasteiger partial charge in [-0.3, -0.25) is 0 Å². The minimum Gasteiger partial charge on any atom is -0.823 e. The molecule has 0 aliphatic heterocycles. The summed E-state index contributed by atoms with van der Waals surface area (Å²) in [5.74, 6) is 1.77. The van der Waals surface area contributed by atoms with Gasteiger partial charge >= 0.3 is 0 Å². The number of rotatable bonds is 5. The van der Waals surface area contributed by atoms with Crippen LogP contribution in [0.15, 0.2) is 24.3 Å². The molecule has 0 N–H and O–H groups in total. The fourth-order valence-corrected chi connectivity index (χ4v) is 4.19. The number of ether oxygens (including phenoxy) is 3. The van der Waals surface area contributed by atoms with E-state index in [2.05, 4.69) is 32.9 Å². The molecule has 0 spiro atoms. The van der Waals surface area contributed by atoms with Crippen LogP contribution in [0.4, 0.5) is 0 Å². The number of hydrogen-bond donors (Lipinski definition) is 0. The van der Waals surface area contributed by atoms with E-state index >= 15 is 0 Å². The van der Waals surface area contributed by atoms with Crippen molar-refractivity contribution in [2.24, 2.45) is 0 Å². The Morgan fingerprint density at radius 1 is 0.852 bits per heavy atom. The lowest BCUT2D eigenvalue weighted by molar-refractivity contribution is -0.207. The van der Waals surface area contributed by atoms with Gasteiger partial charge in [0, 0.05) is 12.1 Å². The molecule has 0 fully saturated rings. The summed E-state index contributed by atoms with van der Waals surface area (Å²) in [7, 11) is 5.24. The van der Waals surface area contributed by atoms with Crippen molar-refractivity contribution < 1.29 is 19.3 Å². The first-order valence-electron chi connectivity index (χ1n) is 8.80. The highest BCUT2D eigenvalue weighted by Gasteiger charge is 2.17. The van der Waals surface area contributed by atoms with Gasteiger partial charge in [0.1, 0.15) is 17.2 Å². The Kier molecular flexibility index (Phi) is 6.56. The summed E-state index contributed by atoms with van der Waals surface area (Å²) in [6.45, 7) is 10.5. The van der Waals surface area contributed by atoms with Crippen molar-refractivity contribution in [1.82, 2.24) is 0 Å². The summed E-state index contributed by atoms with van der Waals surface area (Å²) in [5.41, 5.74) is 4.02. The predicted molar refractivity (Wildman–Crippen MR) is 111 cm³/mol. The molecule has 0 atom stereocenters. The van der Waals surface area contributed by atoms with Crippen molar-refractivity contribution in [3.05, 3.63) is 46.5 Å². The summed E-state index contributed by atoms with van der Waals surface area (Å²) in [4.78, 5) is 0. The third-order valence-electron chi connectivity index (χ3n) is 4.51. The van der Waals surface area contributed by atoms with Crippen LogP contribution in [0.5, 0.6) is 17.2 Å². The van der Waals surface area contributed by atoms with Crippen molar-refractivity contribution in [2.75, 3.05) is 21.3 Å². The van der Waals surface area contributed by atoms with Crippen LogP contribution in [0, 0.1) is 13.8 Å². The van der Waals surface area contributed by atoms with E-state index in [-0.39, 0.29) is 10.9 Å². The first-order valence-corrected chi connectivity index (χ1v) is 9.69. The first kappa shape index (κ1) is 21.3. The minimum atomic E-state index is 0.0206. The van der Waals surface area contributed by atoms with Crippen LogP contribution in [0.3, 0.4) is 0 Å². The van der Waals surface area contributed by atoms with Gasteiger partial charge in [-0.25, -0.2) is 0 Å². The number of aryl methyl sites for hydroxylation is 2. The molecule has 0 aromatic heterocycles. The van der Waals surface area contributed by atoms with Gasteiger partial charge < -0.3 is 19.3 Å². The monoisotopic (exact) mass is 387 g/mol. The minimum absolute atomic E-state index is 0.0206. The molecule has 0 unspecified atom stereocenters. The molecule has 0 saturated carbocycles. The number of hydrogen-bond acceptors (Lipinski definition) is 4. The third kappa shape index (κ3) is 4.63. The molecule has 0 saturated heterocycles. The first-order chi connectivity index (χ1) is 12.6. The van der Waals surface area contributed by atoms with Crippen molar-refractivity contribution in [1.29, 1.82) is 0 Å². The van der Waals surface area contributed by atoms with Gasteiger partial charge in [-0.2, -0.15) is 0 Å². The predicted octanol–water partition coefficient (Wildman–Crippen LogP) is 3.74. The highest BCUT2D eigenvalue weighted by Crippen LogP contribution is 2.31. The van der Waals surface area contributed by atoms with Gasteiger partial charge in [-0.05, 0) is 41.5 Å². The van der Waals surface area contributed by atoms with Crippen molar-refractivity contribution in [3.8, 4) is 17.2 Å². The van der Waals surface area contributed by atoms with Crippen LogP contribution in [0.2, 0.25) is 0 Å². The van der Waals surface area contributed by atoms with Gasteiger partial charge in [-0.1, -0.05) is 41.1 Å². The molecule has 146 valence electrons. The van der Waals surface area contributed by atoms with Crippen molar-refractivity contribution in [3.63, 3.8) is 0 Å². The van der Waals surface area contributed by atoms with Crippen LogP contribution in [0.1, 0.15) is 43.0 Å². The van der Waals surface area contributed by atoms with Gasteiger partial charge in [-0.15, -0.1) is 5.48 Å². The smallest absolute Gasteiger partial charge is 0.138 e. The Balaban J connectivity index is 2.62. The lowest BCUT2D eigenvalue weighted by Gasteiger charge is -2.25. The number of benzene rings is 2. The van der Waals surface area contributed by atoms with Gasteiger partial charge in [0.05, 0.1) is 26.6 Å². The molecule has 0 radical (unpaired) electrons. The van der Waals surface area contributed by atoms with E-state index < -0.39 is 0 Å². The molecule has 2 rings (SSSR count). The summed E-state index contributed by atoms with van der Waals surface area (Å²) < 4.78 is 16.2. The Labute approximate surface area is 163 Å². The summed E-state index contributed by atoms with van der Waals surface area (Å²) >= 11 is 0. The quantitative estimate of drug-likeness (QED) is 0.734. The zero-order chi connectivity index (χ0) is 20.4. The normalized spacial score (nSPS) is 12.1. The van der Waals surface area contributed by atoms with E-state index in [1.54, 1.807) is 33.5 Å². The molecule has 5 heteroatoms. The van der Waals surface area contributed by atoms with Crippen molar-refractivity contribution in [2.45, 2.75) is 40.0 Å². The maximum atomic E-state index is 13.2. The molecular formula is C22H28O4P-. The Hall–Kier alpha value is -2.03. The lowest BCUT2D eigenvalue weighted by Crippen LogP contribution is -2.22. The topological polar surface area (TPSA) is 50.8 Å². The standard InChI is InChI=1S/C22H29O4P/c1-13-9-15(22(3,4)5)10-14(2)19(13)21(23)27-20-17(25-7)11-16(24-6)12-18(20)26-8/h9-12,23H,1-8H3/p-1. The highest BCUT2D eigenvalue weighted by atomic mass is 31.1. The second-order valence-corrected chi connectivity index (χ2v) is 8.61. The maximum absolute atomic E-state index is 13.2. The van der Waals surface area contributed by atoms with E-state index in [1.165, 1.54) is 5.56 Å². The maximum Gasteiger partial charge on any atom is 0.138 e. The number of methoxy groups -OCH3 is 3. The molecule has 2 aromatic rings. The van der Waals surface area contributed by atoms with E-state index in [0.29, 0.717) is 30.8 Å². The van der Waals surface area contributed by atoms with Gasteiger partial charge in [0.15, 0.2) is 0 Å². The Bertz CT molecular complexity index is 815. The molecule has 27 heavy (non-hydrogen) atoms. The van der Waals surface area contributed by atoms with Crippen LogP contribution < -0.4 is 24.6 Å². The Morgan fingerprint density at radius 2 is 1.33 bits per heavy atom. The second kappa shape index (κ2) is 8.33. The summed E-state index contributed by atoms with van der Waals surface area (Å²) in [6.07, 6.45) is 0. The fraction of sp³-hybridized carbons (Fsp3) is 0.409. The molecule has 0 amide bonds. The lowest BCUT2D eigenvalue weighted by atomic mass is 9.84. The molecule has 0 aliphatic rings. The molecular weight excluding hydrogens is 359 g/mol. The van der Waals surface area contributed by atoms with Gasteiger partial charge in [0.2, 0.25) is 0 Å². The van der Waals surface area contributed by atoms with Crippen LogP contribution in [0.25, 0.3) is 0 Å². The van der Waals surface area contributed by atoms with Gasteiger partial charge in [0.25, 0.3) is 0 Å². The zero-order valence-corrected chi connectivity index (χ0v) is 18.3.